The molecule has 1 aliphatic rings. The van der Waals surface area contributed by atoms with Crippen molar-refractivity contribution in [3.05, 3.63) is 35.2 Å². The summed E-state index contributed by atoms with van der Waals surface area (Å²) in [7, 11) is 1.60. The summed E-state index contributed by atoms with van der Waals surface area (Å²) in [4.78, 5) is 39.2. The number of hydrogen-bond acceptors (Lipinski definition) is 4. The van der Waals surface area contributed by atoms with E-state index in [1.807, 2.05) is 29.6 Å². The topological polar surface area (TPSA) is 77.9 Å². The molecule has 0 aliphatic carbocycles. The first-order valence-electron chi connectivity index (χ1n) is 8.19. The number of carbonyl (C=O) groups excluding carboxylic acids is 2. The molecule has 0 spiro atoms. The van der Waals surface area contributed by atoms with Crippen LogP contribution >= 0.6 is 11.3 Å². The molecule has 1 atom stereocenters. The zero-order chi connectivity index (χ0) is 18.0. The van der Waals surface area contributed by atoms with Crippen LogP contribution in [0.2, 0.25) is 0 Å². The number of fused-ring (bicyclic) bond motifs is 1. The van der Waals surface area contributed by atoms with Crippen molar-refractivity contribution >= 4 is 39.2 Å². The molecule has 6 nitrogen and oxygen atoms in total. The van der Waals surface area contributed by atoms with Gasteiger partial charge in [0.2, 0.25) is 5.91 Å². The average Bonchev–Trinajstić information content (AvgIpc) is 3.05. The van der Waals surface area contributed by atoms with Gasteiger partial charge in [0.05, 0.1) is 18.0 Å². The summed E-state index contributed by atoms with van der Waals surface area (Å²) in [5, 5.41) is 11.8. The molecule has 0 saturated carbocycles. The van der Waals surface area contributed by atoms with Crippen molar-refractivity contribution in [3.63, 3.8) is 0 Å². The molecule has 1 saturated heterocycles. The first-order chi connectivity index (χ1) is 12.0. The van der Waals surface area contributed by atoms with E-state index in [1.165, 1.54) is 16.2 Å². The van der Waals surface area contributed by atoms with Gasteiger partial charge in [0.1, 0.15) is 0 Å². The lowest BCUT2D eigenvalue weighted by molar-refractivity contribution is -0.145. The summed E-state index contributed by atoms with van der Waals surface area (Å²) in [6.45, 7) is 0.721. The SMILES string of the molecule is CN(CC(=O)N1CCCC(C(=O)O)C1)C(=O)c1csc2ccccc12. The maximum absolute atomic E-state index is 12.7. The van der Waals surface area contributed by atoms with Crippen molar-refractivity contribution in [2.24, 2.45) is 5.92 Å². The van der Waals surface area contributed by atoms with E-state index in [0.717, 1.165) is 10.1 Å². The van der Waals surface area contributed by atoms with Crippen molar-refractivity contribution in [2.45, 2.75) is 12.8 Å². The Labute approximate surface area is 149 Å². The Morgan fingerprint density at radius 1 is 1.32 bits per heavy atom. The van der Waals surface area contributed by atoms with Gasteiger partial charge in [-0.25, -0.2) is 0 Å². The van der Waals surface area contributed by atoms with Crippen LogP contribution in [-0.4, -0.2) is 59.4 Å². The number of hydrogen-bond donors (Lipinski definition) is 1. The van der Waals surface area contributed by atoms with E-state index >= 15 is 0 Å². The van der Waals surface area contributed by atoms with Crippen molar-refractivity contribution < 1.29 is 19.5 Å². The summed E-state index contributed by atoms with van der Waals surface area (Å²) < 4.78 is 1.03. The van der Waals surface area contributed by atoms with Gasteiger partial charge in [-0.15, -0.1) is 11.3 Å². The Morgan fingerprint density at radius 2 is 2.08 bits per heavy atom. The number of rotatable bonds is 4. The quantitative estimate of drug-likeness (QED) is 0.907. The van der Waals surface area contributed by atoms with E-state index in [1.54, 1.807) is 11.9 Å². The van der Waals surface area contributed by atoms with E-state index in [9.17, 15) is 14.4 Å². The molecule has 2 aromatic rings. The first-order valence-corrected chi connectivity index (χ1v) is 9.07. The van der Waals surface area contributed by atoms with Crippen LogP contribution in [0.25, 0.3) is 10.1 Å². The molecule has 0 radical (unpaired) electrons. The number of likely N-dealkylation sites (tertiary alicyclic amines) is 1. The normalized spacial score (nSPS) is 17.5. The summed E-state index contributed by atoms with van der Waals surface area (Å²) in [5.41, 5.74) is 0.595. The van der Waals surface area contributed by atoms with Crippen LogP contribution in [0.3, 0.4) is 0 Å². The van der Waals surface area contributed by atoms with Crippen LogP contribution in [0.1, 0.15) is 23.2 Å². The lowest BCUT2D eigenvalue weighted by Crippen LogP contribution is -2.46. The largest absolute Gasteiger partial charge is 0.481 e. The molecule has 1 aromatic carbocycles. The van der Waals surface area contributed by atoms with Crippen molar-refractivity contribution in [1.82, 2.24) is 9.80 Å². The summed E-state index contributed by atoms with van der Waals surface area (Å²) >= 11 is 1.50. The van der Waals surface area contributed by atoms with Gasteiger partial charge in [-0.2, -0.15) is 0 Å². The van der Waals surface area contributed by atoms with Crippen LogP contribution in [0, 0.1) is 5.92 Å². The molecule has 3 rings (SSSR count). The van der Waals surface area contributed by atoms with Crippen LogP contribution in [0.4, 0.5) is 0 Å². The second-order valence-electron chi connectivity index (χ2n) is 6.32. The van der Waals surface area contributed by atoms with Gasteiger partial charge in [-0.3, -0.25) is 14.4 Å². The maximum atomic E-state index is 12.7. The molecule has 1 aliphatic heterocycles. The van der Waals surface area contributed by atoms with Crippen molar-refractivity contribution in [1.29, 1.82) is 0 Å². The zero-order valence-electron chi connectivity index (χ0n) is 14.0. The van der Waals surface area contributed by atoms with Gasteiger partial charge in [-0.1, -0.05) is 18.2 Å². The standard InChI is InChI=1S/C18H20N2O4S/c1-19(10-16(21)20-8-4-5-12(9-20)18(23)24)17(22)14-11-25-15-7-3-2-6-13(14)15/h2-3,6-7,11-12H,4-5,8-10H2,1H3,(H,23,24). The number of thiophene rings is 1. The number of amides is 2. The number of carboxylic acids is 1. The number of benzene rings is 1. The van der Waals surface area contributed by atoms with E-state index in [2.05, 4.69) is 0 Å². The molecule has 7 heteroatoms. The number of carboxylic acid groups (broad SMARTS) is 1. The molecule has 1 N–H and O–H groups in total. The summed E-state index contributed by atoms with van der Waals surface area (Å²) in [6.07, 6.45) is 1.27. The smallest absolute Gasteiger partial charge is 0.308 e. The fourth-order valence-electron chi connectivity index (χ4n) is 3.13. The average molecular weight is 360 g/mol. The van der Waals surface area contributed by atoms with Crippen LogP contribution in [0.15, 0.2) is 29.6 Å². The summed E-state index contributed by atoms with van der Waals surface area (Å²) in [5.74, 6) is -1.79. The van der Waals surface area contributed by atoms with E-state index in [-0.39, 0.29) is 24.9 Å². The Morgan fingerprint density at radius 3 is 2.84 bits per heavy atom. The molecule has 1 aromatic heterocycles. The van der Waals surface area contributed by atoms with Gasteiger partial charge in [-0.05, 0) is 18.9 Å². The number of piperidine rings is 1. The summed E-state index contributed by atoms with van der Waals surface area (Å²) in [6, 6.07) is 7.67. The lowest BCUT2D eigenvalue weighted by Gasteiger charge is -2.32. The van der Waals surface area contributed by atoms with Crippen molar-refractivity contribution in [3.8, 4) is 0 Å². The number of aliphatic carboxylic acids is 1. The van der Waals surface area contributed by atoms with E-state index in [4.69, 9.17) is 5.11 Å². The molecule has 2 amide bonds. The highest BCUT2D eigenvalue weighted by Crippen LogP contribution is 2.26. The highest BCUT2D eigenvalue weighted by Gasteiger charge is 2.29. The Hall–Kier alpha value is -2.41. The molecule has 132 valence electrons. The monoisotopic (exact) mass is 360 g/mol. The molecule has 1 unspecified atom stereocenters. The van der Waals surface area contributed by atoms with Gasteiger partial charge in [0.25, 0.3) is 5.91 Å². The fraction of sp³-hybridized carbons (Fsp3) is 0.389. The minimum atomic E-state index is -0.869. The van der Waals surface area contributed by atoms with Crippen molar-refractivity contribution in [2.75, 3.05) is 26.7 Å². The molecule has 25 heavy (non-hydrogen) atoms. The second kappa shape index (κ2) is 7.23. The third-order valence-electron chi connectivity index (χ3n) is 4.55. The molecular weight excluding hydrogens is 340 g/mol. The Balaban J connectivity index is 1.67. The molecule has 0 bridgehead atoms. The van der Waals surface area contributed by atoms with Gasteiger partial charge in [0, 0.05) is 35.6 Å². The molecule has 2 heterocycles. The predicted molar refractivity (Wildman–Crippen MR) is 95.7 cm³/mol. The predicted octanol–water partition coefficient (Wildman–Crippen LogP) is 2.30. The van der Waals surface area contributed by atoms with Crippen LogP contribution in [0.5, 0.6) is 0 Å². The highest BCUT2D eigenvalue weighted by molar-refractivity contribution is 7.17. The van der Waals surface area contributed by atoms with E-state index in [0.29, 0.717) is 24.9 Å². The number of nitrogens with zero attached hydrogens (tertiary/aromatic N) is 2. The Bertz CT molecular complexity index is 816. The zero-order valence-corrected chi connectivity index (χ0v) is 14.8. The van der Waals surface area contributed by atoms with Crippen LogP contribution < -0.4 is 0 Å². The Kier molecular flexibility index (Phi) is 5.03. The van der Waals surface area contributed by atoms with E-state index < -0.39 is 11.9 Å². The number of likely N-dealkylation sites (N-methyl/N-ethyl adjacent to an activating group) is 1. The molecular formula is C18H20N2O4S. The van der Waals surface area contributed by atoms with Crippen LogP contribution in [-0.2, 0) is 9.59 Å². The highest BCUT2D eigenvalue weighted by atomic mass is 32.1. The minimum absolute atomic E-state index is 0.0463. The van der Waals surface area contributed by atoms with Gasteiger partial charge in [0.15, 0.2) is 0 Å². The number of carbonyl (C=O) groups is 3. The first kappa shape index (κ1) is 17.4. The minimum Gasteiger partial charge on any atom is -0.481 e. The third-order valence-corrected chi connectivity index (χ3v) is 5.52. The lowest BCUT2D eigenvalue weighted by atomic mass is 9.98. The fourth-order valence-corrected chi connectivity index (χ4v) is 4.06. The molecule has 1 fully saturated rings. The van der Waals surface area contributed by atoms with Gasteiger partial charge < -0.3 is 14.9 Å². The third kappa shape index (κ3) is 3.66. The van der Waals surface area contributed by atoms with Gasteiger partial charge >= 0.3 is 5.97 Å². The second-order valence-corrected chi connectivity index (χ2v) is 7.24. The maximum Gasteiger partial charge on any atom is 0.308 e.